The zero-order valence-electron chi connectivity index (χ0n) is 15.1. The highest BCUT2D eigenvalue weighted by atomic mass is 32.1. The van der Waals surface area contributed by atoms with Gasteiger partial charge in [0.05, 0.1) is 10.2 Å². The van der Waals surface area contributed by atoms with Crippen LogP contribution < -0.4 is 19.7 Å². The molecule has 2 aromatic heterocycles. The van der Waals surface area contributed by atoms with Crippen LogP contribution >= 0.6 is 11.3 Å². The third-order valence-electron chi connectivity index (χ3n) is 5.00. The molecule has 1 N–H and O–H groups in total. The Balaban J connectivity index is 1.20. The molecule has 0 saturated carbocycles. The quantitative estimate of drug-likeness (QED) is 0.731. The fraction of sp³-hybridized carbons (Fsp3) is 0.316. The average molecular weight is 397 g/mol. The Morgan fingerprint density at radius 2 is 2.04 bits per heavy atom. The van der Waals surface area contributed by atoms with Crippen LogP contribution in [0, 0.1) is 0 Å². The summed E-state index contributed by atoms with van der Waals surface area (Å²) in [7, 11) is 0. The molecule has 3 aromatic rings. The van der Waals surface area contributed by atoms with Crippen molar-refractivity contribution in [2.75, 3.05) is 37.9 Å². The molecule has 4 heterocycles. The number of nitrogens with one attached hydrogen (secondary N) is 1. The van der Waals surface area contributed by atoms with E-state index in [4.69, 9.17) is 9.47 Å². The van der Waals surface area contributed by atoms with E-state index in [1.807, 2.05) is 34.5 Å². The molecule has 144 valence electrons. The van der Waals surface area contributed by atoms with Crippen LogP contribution in [0.4, 0.5) is 10.6 Å². The number of rotatable bonds is 3. The SMILES string of the molecule is O=C(NCc1cccc2c1OCO2)N1CCN(c2ncnc3ccsc23)CC1. The molecular formula is C19H19N5O3S. The number of hydrogen-bond acceptors (Lipinski definition) is 7. The number of fused-ring (bicyclic) bond motifs is 2. The first kappa shape index (κ1) is 17.1. The number of carbonyl (C=O) groups excluding carboxylic acids is 1. The first-order valence-corrected chi connectivity index (χ1v) is 10.0. The van der Waals surface area contributed by atoms with E-state index in [0.717, 1.165) is 46.2 Å². The lowest BCUT2D eigenvalue weighted by molar-refractivity contribution is 0.173. The first-order valence-electron chi connectivity index (χ1n) is 9.13. The maximum absolute atomic E-state index is 12.6. The maximum Gasteiger partial charge on any atom is 0.317 e. The zero-order chi connectivity index (χ0) is 18.9. The van der Waals surface area contributed by atoms with E-state index in [-0.39, 0.29) is 12.8 Å². The minimum Gasteiger partial charge on any atom is -0.454 e. The largest absolute Gasteiger partial charge is 0.454 e. The normalized spacial score (nSPS) is 15.9. The highest BCUT2D eigenvalue weighted by Crippen LogP contribution is 2.35. The molecule has 0 spiro atoms. The zero-order valence-corrected chi connectivity index (χ0v) is 15.9. The number of carbonyl (C=O) groups is 1. The summed E-state index contributed by atoms with van der Waals surface area (Å²) in [5.74, 6) is 2.40. The molecule has 0 radical (unpaired) electrons. The van der Waals surface area contributed by atoms with Crippen LogP contribution in [-0.4, -0.2) is 53.9 Å². The molecule has 0 unspecified atom stereocenters. The molecule has 0 atom stereocenters. The molecule has 1 aromatic carbocycles. The second kappa shape index (κ2) is 7.16. The minimum atomic E-state index is -0.0693. The number of ether oxygens (including phenoxy) is 2. The highest BCUT2D eigenvalue weighted by Gasteiger charge is 2.24. The molecule has 28 heavy (non-hydrogen) atoms. The van der Waals surface area contributed by atoms with Gasteiger partial charge >= 0.3 is 6.03 Å². The fourth-order valence-electron chi connectivity index (χ4n) is 3.53. The Bertz CT molecular complexity index is 1020. The van der Waals surface area contributed by atoms with Crippen molar-refractivity contribution in [3.05, 3.63) is 41.5 Å². The van der Waals surface area contributed by atoms with Crippen LogP contribution in [0.3, 0.4) is 0 Å². The summed E-state index contributed by atoms with van der Waals surface area (Å²) in [5.41, 5.74) is 1.89. The van der Waals surface area contributed by atoms with Crippen LogP contribution in [-0.2, 0) is 6.54 Å². The predicted octanol–water partition coefficient (Wildman–Crippen LogP) is 2.45. The van der Waals surface area contributed by atoms with Crippen molar-refractivity contribution in [2.24, 2.45) is 0 Å². The van der Waals surface area contributed by atoms with Gasteiger partial charge in [-0.15, -0.1) is 11.3 Å². The fourth-order valence-corrected chi connectivity index (χ4v) is 4.40. The number of para-hydroxylation sites is 1. The van der Waals surface area contributed by atoms with Crippen molar-refractivity contribution in [2.45, 2.75) is 6.54 Å². The van der Waals surface area contributed by atoms with Crippen LogP contribution in [0.15, 0.2) is 36.0 Å². The number of nitrogens with zero attached hydrogens (tertiary/aromatic N) is 4. The van der Waals surface area contributed by atoms with E-state index < -0.39 is 0 Å². The van der Waals surface area contributed by atoms with Crippen molar-refractivity contribution in [3.8, 4) is 11.5 Å². The Morgan fingerprint density at radius 1 is 1.14 bits per heavy atom. The van der Waals surface area contributed by atoms with E-state index in [2.05, 4.69) is 20.2 Å². The van der Waals surface area contributed by atoms with Gasteiger partial charge < -0.3 is 24.6 Å². The van der Waals surface area contributed by atoms with Gasteiger partial charge in [-0.25, -0.2) is 14.8 Å². The molecule has 2 aliphatic heterocycles. The second-order valence-electron chi connectivity index (χ2n) is 6.62. The number of benzene rings is 1. The molecule has 1 fully saturated rings. The van der Waals surface area contributed by atoms with E-state index in [9.17, 15) is 4.79 Å². The van der Waals surface area contributed by atoms with E-state index in [0.29, 0.717) is 19.6 Å². The lowest BCUT2D eigenvalue weighted by Gasteiger charge is -2.35. The summed E-state index contributed by atoms with van der Waals surface area (Å²) >= 11 is 1.65. The Labute approximate surface area is 165 Å². The molecule has 1 saturated heterocycles. The number of thiophene rings is 1. The number of aromatic nitrogens is 2. The molecule has 5 rings (SSSR count). The summed E-state index contributed by atoms with van der Waals surface area (Å²) in [5, 5.41) is 5.02. The van der Waals surface area contributed by atoms with E-state index in [1.165, 1.54) is 0 Å². The van der Waals surface area contributed by atoms with Crippen LogP contribution in [0.1, 0.15) is 5.56 Å². The van der Waals surface area contributed by atoms with E-state index >= 15 is 0 Å². The lowest BCUT2D eigenvalue weighted by Crippen LogP contribution is -2.52. The molecule has 0 bridgehead atoms. The van der Waals surface area contributed by atoms with Crippen molar-refractivity contribution in [1.82, 2.24) is 20.2 Å². The molecule has 2 aliphatic rings. The van der Waals surface area contributed by atoms with Gasteiger partial charge in [-0.2, -0.15) is 0 Å². The van der Waals surface area contributed by atoms with E-state index in [1.54, 1.807) is 17.7 Å². The van der Waals surface area contributed by atoms with Gasteiger partial charge in [0, 0.05) is 38.3 Å². The molecule has 8 nitrogen and oxygen atoms in total. The van der Waals surface area contributed by atoms with Gasteiger partial charge in [0.15, 0.2) is 11.5 Å². The topological polar surface area (TPSA) is 79.8 Å². The van der Waals surface area contributed by atoms with Gasteiger partial charge in [0.25, 0.3) is 0 Å². The van der Waals surface area contributed by atoms with Gasteiger partial charge in [0.1, 0.15) is 12.1 Å². The summed E-state index contributed by atoms with van der Waals surface area (Å²) in [6.45, 7) is 3.42. The lowest BCUT2D eigenvalue weighted by atomic mass is 10.2. The summed E-state index contributed by atoms with van der Waals surface area (Å²) in [6, 6.07) is 7.64. The van der Waals surface area contributed by atoms with Crippen molar-refractivity contribution >= 4 is 33.4 Å². The summed E-state index contributed by atoms with van der Waals surface area (Å²) in [4.78, 5) is 25.4. The van der Waals surface area contributed by atoms with Gasteiger partial charge in [0.2, 0.25) is 6.79 Å². The summed E-state index contributed by atoms with van der Waals surface area (Å²) < 4.78 is 12.0. The Hall–Kier alpha value is -3.07. The number of piperazine rings is 1. The predicted molar refractivity (Wildman–Crippen MR) is 106 cm³/mol. The van der Waals surface area contributed by atoms with Gasteiger partial charge in [-0.05, 0) is 17.5 Å². The molecular weight excluding hydrogens is 378 g/mol. The summed E-state index contributed by atoms with van der Waals surface area (Å²) in [6.07, 6.45) is 1.60. The van der Waals surface area contributed by atoms with Crippen molar-refractivity contribution in [3.63, 3.8) is 0 Å². The molecule has 0 aliphatic carbocycles. The van der Waals surface area contributed by atoms with Crippen LogP contribution in [0.25, 0.3) is 10.2 Å². The van der Waals surface area contributed by atoms with Gasteiger partial charge in [-0.1, -0.05) is 12.1 Å². The number of anilines is 1. The van der Waals surface area contributed by atoms with Crippen molar-refractivity contribution in [1.29, 1.82) is 0 Å². The monoisotopic (exact) mass is 397 g/mol. The average Bonchev–Trinajstić information content (AvgIpc) is 3.41. The van der Waals surface area contributed by atoms with Crippen LogP contribution in [0.2, 0.25) is 0 Å². The van der Waals surface area contributed by atoms with Crippen molar-refractivity contribution < 1.29 is 14.3 Å². The number of amides is 2. The third kappa shape index (κ3) is 3.07. The first-order chi connectivity index (χ1) is 13.8. The number of hydrogen-bond donors (Lipinski definition) is 1. The third-order valence-corrected chi connectivity index (χ3v) is 5.90. The molecule has 2 amide bonds. The second-order valence-corrected chi connectivity index (χ2v) is 7.53. The Kier molecular flexibility index (Phi) is 4.36. The maximum atomic E-state index is 12.6. The van der Waals surface area contributed by atoms with Gasteiger partial charge in [-0.3, -0.25) is 0 Å². The Morgan fingerprint density at radius 3 is 2.93 bits per heavy atom. The molecule has 9 heteroatoms. The number of urea groups is 1. The highest BCUT2D eigenvalue weighted by molar-refractivity contribution is 7.17. The smallest absolute Gasteiger partial charge is 0.317 e. The van der Waals surface area contributed by atoms with Crippen LogP contribution in [0.5, 0.6) is 11.5 Å². The standard InChI is InChI=1S/C19H19N5O3S/c25-19(20-10-13-2-1-3-15-16(13)27-12-26-15)24-7-5-23(6-8-24)18-17-14(4-9-28-17)21-11-22-18/h1-4,9,11H,5-8,10,12H2,(H,20,25). The minimum absolute atomic E-state index is 0.0693.